The first-order valence-corrected chi connectivity index (χ1v) is 10.7. The molecule has 0 unspecified atom stereocenters. The van der Waals surface area contributed by atoms with Crippen LogP contribution in [0, 0.1) is 5.92 Å². The van der Waals surface area contributed by atoms with Gasteiger partial charge in [0.1, 0.15) is 5.58 Å². The van der Waals surface area contributed by atoms with Gasteiger partial charge >= 0.3 is 0 Å². The number of hydrogen-bond donors (Lipinski definition) is 4. The number of carbonyl (C=O) groups is 5. The molecule has 1 aliphatic heterocycles. The largest absolute Gasteiger partial charge is 0.451 e. The van der Waals surface area contributed by atoms with Gasteiger partial charge in [0, 0.05) is 23.4 Å². The van der Waals surface area contributed by atoms with Crippen molar-refractivity contribution in [3.05, 3.63) is 36.1 Å². The predicted octanol–water partition coefficient (Wildman–Crippen LogP) is 0.657. The lowest BCUT2D eigenvalue weighted by molar-refractivity contribution is -0.141. The highest BCUT2D eigenvalue weighted by molar-refractivity contribution is 6.38. The van der Waals surface area contributed by atoms with E-state index in [1.807, 2.05) is 6.07 Å². The van der Waals surface area contributed by atoms with Gasteiger partial charge in [0.05, 0.1) is 12.6 Å². The van der Waals surface area contributed by atoms with Crippen molar-refractivity contribution >= 4 is 40.4 Å². The molecule has 2 atom stereocenters. The van der Waals surface area contributed by atoms with Crippen LogP contribution in [-0.2, 0) is 19.2 Å². The van der Waals surface area contributed by atoms with Gasteiger partial charge in [-0.05, 0) is 45.7 Å². The summed E-state index contributed by atoms with van der Waals surface area (Å²) in [5.74, 6) is -3.63. The Morgan fingerprint density at radius 1 is 1.18 bits per heavy atom. The summed E-state index contributed by atoms with van der Waals surface area (Å²) in [5.41, 5.74) is -0.107. The van der Waals surface area contributed by atoms with Crippen molar-refractivity contribution in [2.75, 3.05) is 13.1 Å². The Labute approximate surface area is 190 Å². The van der Waals surface area contributed by atoms with Gasteiger partial charge in [-0.2, -0.15) is 0 Å². The fourth-order valence-corrected chi connectivity index (χ4v) is 3.53. The van der Waals surface area contributed by atoms with E-state index < -0.39 is 47.5 Å². The summed E-state index contributed by atoms with van der Waals surface area (Å²) < 4.78 is 5.46. The van der Waals surface area contributed by atoms with Crippen molar-refractivity contribution in [2.24, 2.45) is 5.92 Å². The second-order valence-corrected chi connectivity index (χ2v) is 9.03. The molecular formula is C23H28N4O6. The summed E-state index contributed by atoms with van der Waals surface area (Å²) in [5, 5.41) is 10.9. The Bertz CT molecular complexity index is 1050. The van der Waals surface area contributed by atoms with E-state index in [-0.39, 0.29) is 18.1 Å². The molecule has 0 bridgehead atoms. The van der Waals surface area contributed by atoms with Crippen LogP contribution in [-0.4, -0.2) is 54.1 Å². The fourth-order valence-electron chi connectivity index (χ4n) is 3.53. The van der Waals surface area contributed by atoms with E-state index in [9.17, 15) is 24.0 Å². The zero-order valence-corrected chi connectivity index (χ0v) is 18.8. The van der Waals surface area contributed by atoms with E-state index in [1.165, 1.54) is 0 Å². The molecule has 10 nitrogen and oxygen atoms in total. The number of rotatable bonds is 8. The maximum atomic E-state index is 12.7. The van der Waals surface area contributed by atoms with Crippen LogP contribution in [0.15, 0.2) is 34.7 Å². The van der Waals surface area contributed by atoms with Crippen LogP contribution in [0.3, 0.4) is 0 Å². The highest BCUT2D eigenvalue weighted by Crippen LogP contribution is 2.19. The summed E-state index contributed by atoms with van der Waals surface area (Å²) in [6.07, 6.45) is 0.494. The van der Waals surface area contributed by atoms with Gasteiger partial charge in [-0.3, -0.25) is 24.0 Å². The summed E-state index contributed by atoms with van der Waals surface area (Å²) in [6.45, 7) is 5.22. The second kappa shape index (κ2) is 9.85. The van der Waals surface area contributed by atoms with Gasteiger partial charge in [-0.15, -0.1) is 0 Å². The third-order valence-electron chi connectivity index (χ3n) is 5.11. The van der Waals surface area contributed by atoms with Crippen LogP contribution in [0.1, 0.15) is 44.2 Å². The topological polar surface area (TPSA) is 147 Å². The van der Waals surface area contributed by atoms with Crippen LogP contribution in [0.2, 0.25) is 0 Å². The third kappa shape index (κ3) is 6.41. The molecule has 0 radical (unpaired) electrons. The molecule has 1 fully saturated rings. The summed E-state index contributed by atoms with van der Waals surface area (Å²) in [7, 11) is 0. The van der Waals surface area contributed by atoms with Crippen molar-refractivity contribution in [2.45, 2.75) is 45.2 Å². The van der Waals surface area contributed by atoms with Crippen LogP contribution in [0.25, 0.3) is 11.0 Å². The molecule has 0 spiro atoms. The summed E-state index contributed by atoms with van der Waals surface area (Å²) >= 11 is 0. The minimum atomic E-state index is -1.20. The SMILES string of the molecule is CC(C)(C)NC(=O)C(=O)[C@H](C[C@@H]1CCNC1=O)NC(=O)CNC(=O)c1cc2ccccc2o1. The maximum Gasteiger partial charge on any atom is 0.290 e. The first-order chi connectivity index (χ1) is 15.5. The molecule has 1 saturated heterocycles. The molecule has 0 saturated carbocycles. The smallest absolute Gasteiger partial charge is 0.290 e. The van der Waals surface area contributed by atoms with Crippen molar-refractivity contribution in [1.29, 1.82) is 0 Å². The molecule has 10 heteroatoms. The standard InChI is InChI=1S/C23H28N4O6/c1-23(2,3)27-22(32)19(29)15(10-14-8-9-24-20(14)30)26-18(28)12-25-21(31)17-11-13-6-4-5-7-16(13)33-17/h4-7,11,14-15H,8-10,12H2,1-3H3,(H,24,30)(H,25,31)(H,26,28)(H,27,32)/t14-,15-/m0/s1. The van der Waals surface area contributed by atoms with Crippen LogP contribution in [0.4, 0.5) is 0 Å². The minimum Gasteiger partial charge on any atom is -0.451 e. The molecule has 2 aromatic rings. The number of ketones is 1. The monoisotopic (exact) mass is 456 g/mol. The predicted molar refractivity (Wildman–Crippen MR) is 119 cm³/mol. The lowest BCUT2D eigenvalue weighted by atomic mass is 9.95. The van der Waals surface area contributed by atoms with Crippen molar-refractivity contribution in [1.82, 2.24) is 21.3 Å². The number of carbonyl (C=O) groups excluding carboxylic acids is 5. The van der Waals surface area contributed by atoms with E-state index in [0.29, 0.717) is 18.5 Å². The van der Waals surface area contributed by atoms with E-state index >= 15 is 0 Å². The molecule has 1 aromatic heterocycles. The Kier molecular flexibility index (Phi) is 7.15. The van der Waals surface area contributed by atoms with Crippen LogP contribution < -0.4 is 21.3 Å². The van der Waals surface area contributed by atoms with Crippen LogP contribution >= 0.6 is 0 Å². The number of fused-ring (bicyclic) bond motifs is 1. The van der Waals surface area contributed by atoms with Crippen molar-refractivity contribution < 1.29 is 28.4 Å². The zero-order chi connectivity index (χ0) is 24.2. The van der Waals surface area contributed by atoms with Gasteiger partial charge < -0.3 is 25.7 Å². The number of hydrogen-bond acceptors (Lipinski definition) is 6. The van der Waals surface area contributed by atoms with Gasteiger partial charge in [-0.25, -0.2) is 0 Å². The molecule has 33 heavy (non-hydrogen) atoms. The average Bonchev–Trinajstić information content (AvgIpc) is 3.35. The molecule has 4 N–H and O–H groups in total. The van der Waals surface area contributed by atoms with E-state index in [4.69, 9.17) is 4.42 Å². The van der Waals surface area contributed by atoms with E-state index in [1.54, 1.807) is 45.0 Å². The minimum absolute atomic E-state index is 0.00844. The normalized spacial score (nSPS) is 16.7. The Morgan fingerprint density at radius 3 is 2.55 bits per heavy atom. The molecule has 2 heterocycles. The lowest BCUT2D eigenvalue weighted by Crippen LogP contribution is -2.53. The first-order valence-electron chi connectivity index (χ1n) is 10.7. The number of amides is 4. The molecular weight excluding hydrogens is 428 g/mol. The zero-order valence-electron chi connectivity index (χ0n) is 18.8. The lowest BCUT2D eigenvalue weighted by Gasteiger charge is -2.23. The Balaban J connectivity index is 1.62. The highest BCUT2D eigenvalue weighted by atomic mass is 16.3. The summed E-state index contributed by atoms with van der Waals surface area (Å²) in [6, 6.07) is 7.46. The Hall–Kier alpha value is -3.69. The maximum absolute atomic E-state index is 12.7. The molecule has 0 aliphatic carbocycles. The fraction of sp³-hybridized carbons (Fsp3) is 0.435. The number of benzene rings is 1. The number of Topliss-reactive ketones (excluding diaryl/α,β-unsaturated/α-hetero) is 1. The Morgan fingerprint density at radius 2 is 1.91 bits per heavy atom. The molecule has 176 valence electrons. The molecule has 1 aliphatic rings. The average molecular weight is 456 g/mol. The molecule has 3 rings (SSSR count). The summed E-state index contributed by atoms with van der Waals surface area (Å²) in [4.78, 5) is 61.9. The molecule has 4 amide bonds. The van der Waals surface area contributed by atoms with Gasteiger partial charge in [-0.1, -0.05) is 18.2 Å². The van der Waals surface area contributed by atoms with Crippen LogP contribution in [0.5, 0.6) is 0 Å². The van der Waals surface area contributed by atoms with Gasteiger partial charge in [0.25, 0.3) is 11.8 Å². The molecule has 1 aromatic carbocycles. The highest BCUT2D eigenvalue weighted by Gasteiger charge is 2.35. The quantitative estimate of drug-likeness (QED) is 0.429. The van der Waals surface area contributed by atoms with Gasteiger partial charge in [0.15, 0.2) is 5.76 Å². The van der Waals surface area contributed by atoms with Crippen molar-refractivity contribution in [3.8, 4) is 0 Å². The van der Waals surface area contributed by atoms with Crippen molar-refractivity contribution in [3.63, 3.8) is 0 Å². The van der Waals surface area contributed by atoms with Gasteiger partial charge in [0.2, 0.25) is 17.6 Å². The number of furan rings is 1. The third-order valence-corrected chi connectivity index (χ3v) is 5.11. The first kappa shape index (κ1) is 24.0. The second-order valence-electron chi connectivity index (χ2n) is 9.03. The van der Waals surface area contributed by atoms with E-state index in [0.717, 1.165) is 5.39 Å². The number of nitrogens with one attached hydrogen (secondary N) is 4. The number of para-hydroxylation sites is 1. The van der Waals surface area contributed by atoms with E-state index in [2.05, 4.69) is 21.3 Å².